The molecule has 0 aliphatic heterocycles. The van der Waals surface area contributed by atoms with Gasteiger partial charge < -0.3 is 4.79 Å². The first kappa shape index (κ1) is 10.3. The molecule has 0 saturated carbocycles. The summed E-state index contributed by atoms with van der Waals surface area (Å²) in [6.45, 7) is 2.07. The number of carbonyl (C=O) groups excluding carboxylic acids is 2. The molecule has 0 N–H and O–H groups in total. The van der Waals surface area contributed by atoms with Crippen molar-refractivity contribution in [3.63, 3.8) is 0 Å². The molecular formula is C9H16O2. The minimum atomic E-state index is 0.300. The molecule has 0 heterocycles. The van der Waals surface area contributed by atoms with Crippen LogP contribution in [0.5, 0.6) is 0 Å². The van der Waals surface area contributed by atoms with Gasteiger partial charge in [0.15, 0.2) is 0 Å². The molecule has 0 aliphatic carbocycles. The molecule has 0 saturated heterocycles. The standard InChI is InChI=1S/C9H16O2/c1-2-3-6-9(11)7-4-5-8-10/h8H,2-7H2,1H3. The molecular weight excluding hydrogens is 140 g/mol. The smallest absolute Gasteiger partial charge is 0.132 e. The Bertz CT molecular complexity index is 119. The summed E-state index contributed by atoms with van der Waals surface area (Å²) in [4.78, 5) is 20.8. The van der Waals surface area contributed by atoms with Gasteiger partial charge in [0, 0.05) is 19.3 Å². The fourth-order valence-electron chi connectivity index (χ4n) is 0.882. The topological polar surface area (TPSA) is 34.1 Å². The van der Waals surface area contributed by atoms with Crippen molar-refractivity contribution in [3.8, 4) is 0 Å². The molecule has 11 heavy (non-hydrogen) atoms. The molecule has 0 aromatic heterocycles. The van der Waals surface area contributed by atoms with Gasteiger partial charge in [-0.25, -0.2) is 0 Å². The van der Waals surface area contributed by atoms with Crippen LogP contribution in [0.4, 0.5) is 0 Å². The van der Waals surface area contributed by atoms with Crippen LogP contribution in [0, 0.1) is 0 Å². The van der Waals surface area contributed by atoms with Crippen LogP contribution in [0.25, 0.3) is 0 Å². The molecule has 0 aromatic carbocycles. The van der Waals surface area contributed by atoms with Crippen molar-refractivity contribution in [2.24, 2.45) is 0 Å². The van der Waals surface area contributed by atoms with Crippen molar-refractivity contribution in [1.82, 2.24) is 0 Å². The van der Waals surface area contributed by atoms with E-state index in [0.717, 1.165) is 25.5 Å². The first-order valence-electron chi connectivity index (χ1n) is 4.26. The summed E-state index contributed by atoms with van der Waals surface area (Å²) >= 11 is 0. The largest absolute Gasteiger partial charge is 0.303 e. The number of ketones is 1. The first-order chi connectivity index (χ1) is 5.31. The Morgan fingerprint density at radius 2 is 1.91 bits per heavy atom. The van der Waals surface area contributed by atoms with Gasteiger partial charge in [0.25, 0.3) is 0 Å². The predicted molar refractivity (Wildman–Crippen MR) is 44.4 cm³/mol. The molecule has 0 fully saturated rings. The molecule has 0 radical (unpaired) electrons. The van der Waals surface area contributed by atoms with Crippen molar-refractivity contribution >= 4 is 12.1 Å². The maximum atomic E-state index is 11.0. The highest BCUT2D eigenvalue weighted by Gasteiger charge is 1.99. The number of carbonyl (C=O) groups is 2. The zero-order chi connectivity index (χ0) is 8.53. The van der Waals surface area contributed by atoms with Crippen molar-refractivity contribution in [1.29, 1.82) is 0 Å². The van der Waals surface area contributed by atoms with Crippen LogP contribution in [0.1, 0.15) is 45.4 Å². The lowest BCUT2D eigenvalue weighted by Gasteiger charge is -1.95. The van der Waals surface area contributed by atoms with Crippen molar-refractivity contribution in [2.75, 3.05) is 0 Å². The minimum absolute atomic E-state index is 0.300. The molecule has 0 bridgehead atoms. The summed E-state index contributed by atoms with van der Waals surface area (Å²) in [6.07, 6.45) is 5.45. The number of hydrogen-bond donors (Lipinski definition) is 0. The van der Waals surface area contributed by atoms with E-state index < -0.39 is 0 Å². The molecule has 0 aromatic rings. The molecule has 0 spiro atoms. The molecule has 2 nitrogen and oxygen atoms in total. The second-order valence-corrected chi connectivity index (χ2v) is 2.70. The van der Waals surface area contributed by atoms with E-state index in [1.807, 2.05) is 0 Å². The summed E-state index contributed by atoms with van der Waals surface area (Å²) in [7, 11) is 0. The van der Waals surface area contributed by atoms with Gasteiger partial charge in [-0.3, -0.25) is 4.79 Å². The maximum absolute atomic E-state index is 11.0. The third-order valence-corrected chi connectivity index (χ3v) is 1.59. The quantitative estimate of drug-likeness (QED) is 0.418. The predicted octanol–water partition coefficient (Wildman–Crippen LogP) is 2.11. The zero-order valence-corrected chi connectivity index (χ0v) is 7.14. The number of rotatable bonds is 7. The highest BCUT2D eigenvalue weighted by molar-refractivity contribution is 5.78. The van der Waals surface area contributed by atoms with Gasteiger partial charge >= 0.3 is 0 Å². The lowest BCUT2D eigenvalue weighted by molar-refractivity contribution is -0.119. The lowest BCUT2D eigenvalue weighted by atomic mass is 10.1. The summed E-state index contributed by atoms with van der Waals surface area (Å²) in [5.41, 5.74) is 0. The van der Waals surface area contributed by atoms with Crippen LogP contribution < -0.4 is 0 Å². The molecule has 0 atom stereocenters. The van der Waals surface area contributed by atoms with Crippen molar-refractivity contribution in [2.45, 2.75) is 45.4 Å². The van der Waals surface area contributed by atoms with Gasteiger partial charge in [0.1, 0.15) is 12.1 Å². The third kappa shape index (κ3) is 7.23. The van der Waals surface area contributed by atoms with Crippen LogP contribution >= 0.6 is 0 Å². The first-order valence-corrected chi connectivity index (χ1v) is 4.26. The Morgan fingerprint density at radius 1 is 1.27 bits per heavy atom. The SMILES string of the molecule is CCCCC(=O)CCCC=O. The fourth-order valence-corrected chi connectivity index (χ4v) is 0.882. The van der Waals surface area contributed by atoms with E-state index in [4.69, 9.17) is 0 Å². The van der Waals surface area contributed by atoms with Crippen molar-refractivity contribution in [3.05, 3.63) is 0 Å². The summed E-state index contributed by atoms with van der Waals surface area (Å²) in [5, 5.41) is 0. The van der Waals surface area contributed by atoms with Gasteiger partial charge in [-0.1, -0.05) is 13.3 Å². The molecule has 64 valence electrons. The van der Waals surface area contributed by atoms with Crippen LogP contribution in [-0.4, -0.2) is 12.1 Å². The Labute approximate surface area is 68.0 Å². The van der Waals surface area contributed by atoms with Crippen LogP contribution in [0.3, 0.4) is 0 Å². The molecule has 0 rings (SSSR count). The van der Waals surface area contributed by atoms with E-state index in [0.29, 0.717) is 25.0 Å². The average Bonchev–Trinajstić information content (AvgIpc) is 2.01. The van der Waals surface area contributed by atoms with Gasteiger partial charge in [-0.15, -0.1) is 0 Å². The van der Waals surface area contributed by atoms with Gasteiger partial charge in [-0.05, 0) is 12.8 Å². The normalized spacial score (nSPS) is 9.55. The Hall–Kier alpha value is -0.660. The maximum Gasteiger partial charge on any atom is 0.132 e. The van der Waals surface area contributed by atoms with Crippen molar-refractivity contribution < 1.29 is 9.59 Å². The van der Waals surface area contributed by atoms with Gasteiger partial charge in [-0.2, -0.15) is 0 Å². The molecule has 0 unspecified atom stereocenters. The number of aldehydes is 1. The molecule has 0 aliphatic rings. The van der Waals surface area contributed by atoms with Crippen LogP contribution in [0.2, 0.25) is 0 Å². The Kier molecular flexibility index (Phi) is 7.00. The second-order valence-electron chi connectivity index (χ2n) is 2.70. The molecule has 0 amide bonds. The van der Waals surface area contributed by atoms with Gasteiger partial charge in [0.2, 0.25) is 0 Å². The number of Topliss-reactive ketones (excluding diaryl/α,β-unsaturated/α-hetero) is 1. The number of hydrogen-bond acceptors (Lipinski definition) is 2. The van der Waals surface area contributed by atoms with E-state index in [1.165, 1.54) is 0 Å². The monoisotopic (exact) mass is 156 g/mol. The van der Waals surface area contributed by atoms with E-state index in [2.05, 4.69) is 6.92 Å². The van der Waals surface area contributed by atoms with E-state index in [1.54, 1.807) is 0 Å². The Morgan fingerprint density at radius 3 is 2.45 bits per heavy atom. The van der Waals surface area contributed by atoms with Crippen LogP contribution in [-0.2, 0) is 9.59 Å². The molecule has 2 heteroatoms. The van der Waals surface area contributed by atoms with E-state index in [9.17, 15) is 9.59 Å². The van der Waals surface area contributed by atoms with Gasteiger partial charge in [0.05, 0.1) is 0 Å². The summed E-state index contributed by atoms with van der Waals surface area (Å²) in [5.74, 6) is 0.300. The lowest BCUT2D eigenvalue weighted by Crippen LogP contribution is -1.96. The van der Waals surface area contributed by atoms with E-state index in [-0.39, 0.29) is 0 Å². The average molecular weight is 156 g/mol. The highest BCUT2D eigenvalue weighted by atomic mass is 16.1. The van der Waals surface area contributed by atoms with Crippen LogP contribution in [0.15, 0.2) is 0 Å². The minimum Gasteiger partial charge on any atom is -0.303 e. The summed E-state index contributed by atoms with van der Waals surface area (Å²) < 4.78 is 0. The highest BCUT2D eigenvalue weighted by Crippen LogP contribution is 2.01. The van der Waals surface area contributed by atoms with E-state index >= 15 is 0 Å². The number of unbranched alkanes of at least 4 members (excludes halogenated alkanes) is 2. The zero-order valence-electron chi connectivity index (χ0n) is 7.14. The Balaban J connectivity index is 3.15. The fraction of sp³-hybridized carbons (Fsp3) is 0.778. The summed E-state index contributed by atoms with van der Waals surface area (Å²) in [6, 6.07) is 0. The third-order valence-electron chi connectivity index (χ3n) is 1.59. The second kappa shape index (κ2) is 7.45.